The van der Waals surface area contributed by atoms with Gasteiger partial charge in [-0.25, -0.2) is 0 Å². The van der Waals surface area contributed by atoms with E-state index in [2.05, 4.69) is 6.58 Å². The minimum atomic E-state index is -1.22. The second-order valence-corrected chi connectivity index (χ2v) is 5.56. The van der Waals surface area contributed by atoms with Gasteiger partial charge in [0, 0.05) is 5.92 Å². The van der Waals surface area contributed by atoms with Gasteiger partial charge in [-0.15, -0.1) is 0 Å². The first kappa shape index (κ1) is 16.1. The van der Waals surface area contributed by atoms with Gasteiger partial charge in [0.1, 0.15) is 6.10 Å². The summed E-state index contributed by atoms with van der Waals surface area (Å²) >= 11 is 0. The topological polar surface area (TPSA) is 77.8 Å². The first-order chi connectivity index (χ1) is 8.88. The molecule has 19 heavy (non-hydrogen) atoms. The van der Waals surface area contributed by atoms with Gasteiger partial charge in [-0.05, 0) is 36.3 Å². The zero-order chi connectivity index (χ0) is 14.6. The van der Waals surface area contributed by atoms with Gasteiger partial charge in [-0.3, -0.25) is 4.79 Å². The van der Waals surface area contributed by atoms with Crippen LogP contribution < -0.4 is 0 Å². The Balaban J connectivity index is 3.07. The molecule has 4 nitrogen and oxygen atoms in total. The lowest BCUT2D eigenvalue weighted by Gasteiger charge is -2.31. The molecule has 0 heterocycles. The zero-order valence-electron chi connectivity index (χ0n) is 11.7. The Labute approximate surface area is 114 Å². The fourth-order valence-corrected chi connectivity index (χ4v) is 2.59. The second-order valence-electron chi connectivity index (χ2n) is 5.56. The van der Waals surface area contributed by atoms with Gasteiger partial charge in [0.15, 0.2) is 5.78 Å². The largest absolute Gasteiger partial charge is 0.392 e. The van der Waals surface area contributed by atoms with Gasteiger partial charge in [-0.2, -0.15) is 0 Å². The number of hydrogen-bond donors (Lipinski definition) is 3. The Hall–Kier alpha value is -0.970. The molecule has 3 N–H and O–H groups in total. The predicted molar refractivity (Wildman–Crippen MR) is 73.5 cm³/mol. The average molecular weight is 268 g/mol. The quantitative estimate of drug-likeness (QED) is 0.519. The van der Waals surface area contributed by atoms with Crippen molar-refractivity contribution in [1.29, 1.82) is 0 Å². The molecule has 1 aliphatic carbocycles. The summed E-state index contributed by atoms with van der Waals surface area (Å²) in [4.78, 5) is 12.0. The molecule has 0 fully saturated rings. The monoisotopic (exact) mass is 268 g/mol. The van der Waals surface area contributed by atoms with Crippen molar-refractivity contribution < 1.29 is 20.1 Å². The third-order valence-corrected chi connectivity index (χ3v) is 3.75. The Kier molecular flexibility index (Phi) is 5.91. The minimum Gasteiger partial charge on any atom is -0.392 e. The van der Waals surface area contributed by atoms with Gasteiger partial charge in [-0.1, -0.05) is 26.5 Å². The lowest BCUT2D eigenvalue weighted by molar-refractivity contribution is -0.130. The second kappa shape index (κ2) is 6.98. The molecule has 108 valence electrons. The molecule has 0 saturated carbocycles. The SMILES string of the molecule is C=C1CC/C=C(/CO)C[C@@H](O)[C@H](C(C)C)[C@H](O)C1=O. The smallest absolute Gasteiger partial charge is 0.187 e. The lowest BCUT2D eigenvalue weighted by atomic mass is 9.79. The first-order valence-corrected chi connectivity index (χ1v) is 6.75. The molecule has 0 aromatic rings. The predicted octanol–water partition coefficient (Wildman–Crippen LogP) is 1.21. The lowest BCUT2D eigenvalue weighted by Crippen LogP contribution is -2.41. The van der Waals surface area contributed by atoms with Crippen molar-refractivity contribution in [1.82, 2.24) is 0 Å². The molecule has 0 amide bonds. The summed E-state index contributed by atoms with van der Waals surface area (Å²) in [7, 11) is 0. The molecule has 0 spiro atoms. The van der Waals surface area contributed by atoms with Crippen LogP contribution in [0, 0.1) is 11.8 Å². The summed E-state index contributed by atoms with van der Waals surface area (Å²) in [6.07, 6.45) is 1.13. The molecular weight excluding hydrogens is 244 g/mol. The number of rotatable bonds is 2. The van der Waals surface area contributed by atoms with Crippen molar-refractivity contribution in [2.24, 2.45) is 11.8 Å². The highest BCUT2D eigenvalue weighted by atomic mass is 16.3. The van der Waals surface area contributed by atoms with Crippen LogP contribution in [0.5, 0.6) is 0 Å². The molecule has 0 aromatic heterocycles. The van der Waals surface area contributed by atoms with Crippen molar-refractivity contribution in [2.45, 2.75) is 45.3 Å². The van der Waals surface area contributed by atoms with Crippen LogP contribution in [-0.4, -0.2) is 39.9 Å². The summed E-state index contributed by atoms with van der Waals surface area (Å²) in [5.74, 6) is -0.961. The number of aliphatic hydroxyl groups is 3. The highest BCUT2D eigenvalue weighted by Gasteiger charge is 2.35. The van der Waals surface area contributed by atoms with Gasteiger partial charge in [0.2, 0.25) is 0 Å². The van der Waals surface area contributed by atoms with E-state index in [0.29, 0.717) is 18.4 Å². The molecular formula is C15H24O4. The summed E-state index contributed by atoms with van der Waals surface area (Å²) < 4.78 is 0. The van der Waals surface area contributed by atoms with Gasteiger partial charge in [0.05, 0.1) is 12.7 Å². The zero-order valence-corrected chi connectivity index (χ0v) is 11.7. The Morgan fingerprint density at radius 2 is 2.05 bits per heavy atom. The van der Waals surface area contributed by atoms with Crippen molar-refractivity contribution in [3.8, 4) is 0 Å². The highest BCUT2D eigenvalue weighted by molar-refractivity contribution is 5.98. The van der Waals surface area contributed by atoms with E-state index in [0.717, 1.165) is 5.57 Å². The average Bonchev–Trinajstić information content (AvgIpc) is 2.34. The third kappa shape index (κ3) is 4.00. The summed E-state index contributed by atoms with van der Waals surface area (Å²) in [6, 6.07) is 0. The molecule has 0 saturated heterocycles. The molecule has 0 unspecified atom stereocenters. The molecule has 1 rings (SSSR count). The molecule has 1 aliphatic rings. The normalized spacial score (nSPS) is 33.2. The molecule has 0 bridgehead atoms. The number of carbonyl (C=O) groups is 1. The van der Waals surface area contributed by atoms with Crippen molar-refractivity contribution in [3.05, 3.63) is 23.8 Å². The number of ketones is 1. The molecule has 4 heteroatoms. The molecule has 0 aliphatic heterocycles. The highest BCUT2D eigenvalue weighted by Crippen LogP contribution is 2.28. The van der Waals surface area contributed by atoms with Crippen molar-refractivity contribution in [3.63, 3.8) is 0 Å². The summed E-state index contributed by atoms with van der Waals surface area (Å²) in [6.45, 7) is 7.32. The minimum absolute atomic E-state index is 0.0406. The van der Waals surface area contributed by atoms with E-state index in [1.165, 1.54) is 0 Å². The number of Topliss-reactive ketones (excluding diaryl/α,β-unsaturated/α-hetero) is 1. The van der Waals surface area contributed by atoms with E-state index >= 15 is 0 Å². The van der Waals surface area contributed by atoms with Gasteiger partial charge < -0.3 is 15.3 Å². The van der Waals surface area contributed by atoms with Crippen LogP contribution in [0.25, 0.3) is 0 Å². The standard InChI is InChI=1S/C15H24O4/c1-9(2)13-12(17)7-11(8-16)6-4-5-10(3)14(18)15(13)19/h6,9,12-13,15-17,19H,3-5,7-8H2,1-2H3/b11-6+/t12-,13+,15+/m1/s1. The Bertz CT molecular complexity index is 370. The Morgan fingerprint density at radius 3 is 2.58 bits per heavy atom. The summed E-state index contributed by atoms with van der Waals surface area (Å²) in [5, 5.41) is 29.7. The van der Waals surface area contributed by atoms with Crippen LogP contribution in [0.4, 0.5) is 0 Å². The fourth-order valence-electron chi connectivity index (χ4n) is 2.59. The third-order valence-electron chi connectivity index (χ3n) is 3.75. The molecule has 0 aromatic carbocycles. The molecule has 3 atom stereocenters. The summed E-state index contributed by atoms with van der Waals surface area (Å²) in [5.41, 5.74) is 1.12. The van der Waals surface area contributed by atoms with Gasteiger partial charge in [0.25, 0.3) is 0 Å². The maximum atomic E-state index is 12.0. The van der Waals surface area contributed by atoms with Crippen molar-refractivity contribution >= 4 is 5.78 Å². The maximum absolute atomic E-state index is 12.0. The van der Waals surface area contributed by atoms with E-state index in [9.17, 15) is 20.1 Å². The van der Waals surface area contributed by atoms with Crippen LogP contribution in [0.2, 0.25) is 0 Å². The van der Waals surface area contributed by atoms with Crippen LogP contribution in [0.15, 0.2) is 23.8 Å². The van der Waals surface area contributed by atoms with Gasteiger partial charge >= 0.3 is 0 Å². The number of aliphatic hydroxyl groups excluding tert-OH is 3. The van der Waals surface area contributed by atoms with E-state index in [4.69, 9.17) is 0 Å². The van der Waals surface area contributed by atoms with E-state index in [1.54, 1.807) is 0 Å². The maximum Gasteiger partial charge on any atom is 0.187 e. The van der Waals surface area contributed by atoms with Crippen LogP contribution >= 0.6 is 0 Å². The van der Waals surface area contributed by atoms with Crippen LogP contribution in [-0.2, 0) is 4.79 Å². The molecule has 0 radical (unpaired) electrons. The number of carbonyl (C=O) groups excluding carboxylic acids is 1. The fraction of sp³-hybridized carbons (Fsp3) is 0.667. The van der Waals surface area contributed by atoms with Crippen LogP contribution in [0.3, 0.4) is 0 Å². The Morgan fingerprint density at radius 1 is 1.42 bits per heavy atom. The van der Waals surface area contributed by atoms with E-state index in [-0.39, 0.29) is 24.7 Å². The number of allylic oxidation sites excluding steroid dienone is 1. The van der Waals surface area contributed by atoms with Crippen LogP contribution in [0.1, 0.15) is 33.1 Å². The van der Waals surface area contributed by atoms with E-state index < -0.39 is 18.1 Å². The van der Waals surface area contributed by atoms with Crippen molar-refractivity contribution in [2.75, 3.05) is 6.61 Å². The number of hydrogen-bond acceptors (Lipinski definition) is 4. The van der Waals surface area contributed by atoms with E-state index in [1.807, 2.05) is 19.9 Å². The first-order valence-electron chi connectivity index (χ1n) is 6.75.